The Labute approximate surface area is 81.7 Å². The Morgan fingerprint density at radius 2 is 0.923 bits per heavy atom. The summed E-state index contributed by atoms with van der Waals surface area (Å²) in [5.74, 6) is 0. The Morgan fingerprint density at radius 3 is 0.923 bits per heavy atom. The fourth-order valence-electron chi connectivity index (χ4n) is 1.77. The maximum absolute atomic E-state index is 12.8. The lowest BCUT2D eigenvalue weighted by Crippen LogP contribution is -2.67. The molecule has 7 heteroatoms. The van der Waals surface area contributed by atoms with Crippen LogP contribution >= 0.6 is 0 Å². The third-order valence-electron chi connectivity index (χ3n) is 1.60. The molecule has 13 heavy (non-hydrogen) atoms. The van der Waals surface area contributed by atoms with Crippen LogP contribution in [0.4, 0.5) is 12.3 Å². The maximum Gasteiger partial charge on any atom is 0.705 e. The summed E-state index contributed by atoms with van der Waals surface area (Å²) in [6.45, 7) is 10.6. The highest BCUT2D eigenvalue weighted by atomic mass is 28.5. The van der Waals surface area contributed by atoms with Crippen LogP contribution in [0, 0.1) is 0 Å². The van der Waals surface area contributed by atoms with Gasteiger partial charge < -0.3 is 0 Å². The van der Waals surface area contributed by atoms with Gasteiger partial charge in [-0.25, -0.2) is 12.3 Å². The van der Waals surface area contributed by atoms with Gasteiger partial charge in [0.2, 0.25) is 0 Å². The molecule has 0 saturated carbocycles. The summed E-state index contributed by atoms with van der Waals surface area (Å²) in [7, 11) is -10.1. The quantitative estimate of drug-likeness (QED) is 0.545. The summed E-state index contributed by atoms with van der Waals surface area (Å²) >= 11 is 0. The summed E-state index contributed by atoms with van der Waals surface area (Å²) in [6.07, 6.45) is 0. The van der Waals surface area contributed by atoms with Crippen LogP contribution in [-0.2, 0) is 0 Å². The molecule has 0 fully saturated rings. The largest absolute Gasteiger partial charge is 0.705 e. The first-order valence-electron chi connectivity index (χ1n) is 4.24. The Morgan fingerprint density at radius 1 is 0.692 bits per heavy atom. The molecule has 0 heterocycles. The third-order valence-corrected chi connectivity index (χ3v) is 14.4. The van der Waals surface area contributed by atoms with Crippen molar-refractivity contribution in [2.24, 2.45) is 0 Å². The zero-order valence-corrected chi connectivity index (χ0v) is 12.1. The van der Waals surface area contributed by atoms with Gasteiger partial charge in [-0.1, -0.05) is 39.3 Å². The predicted molar refractivity (Wildman–Crippen MR) is 57.6 cm³/mol. The van der Waals surface area contributed by atoms with Crippen LogP contribution in [0.25, 0.3) is 0 Å². The number of hydrogen-bond acceptors (Lipinski definition) is 1. The minimum atomic E-state index is -5.60. The van der Waals surface area contributed by atoms with Crippen molar-refractivity contribution in [2.45, 2.75) is 39.3 Å². The molecule has 0 spiro atoms. The van der Waals surface area contributed by atoms with Gasteiger partial charge in [0.1, 0.15) is 16.5 Å². The van der Waals surface area contributed by atoms with E-state index in [1.54, 1.807) is 39.3 Å². The van der Waals surface area contributed by atoms with Crippen molar-refractivity contribution >= 4 is 25.7 Å². The van der Waals surface area contributed by atoms with E-state index in [0.29, 0.717) is 0 Å². The van der Waals surface area contributed by atoms with E-state index >= 15 is 0 Å². The summed E-state index contributed by atoms with van der Waals surface area (Å²) in [5, 5.41) is 0. The molecule has 0 atom stereocenters. The average Bonchev–Trinajstić information content (AvgIpc) is 1.44. The fraction of sp³-hybridized carbons (Fsp3) is 1.00. The van der Waals surface area contributed by atoms with Crippen LogP contribution in [0.15, 0.2) is 0 Å². The number of hydrogen-bond donors (Lipinski definition) is 0. The van der Waals surface area contributed by atoms with Crippen LogP contribution in [0.2, 0.25) is 39.3 Å². The summed E-state index contributed by atoms with van der Waals surface area (Å²) in [6, 6.07) is 0. The van der Waals surface area contributed by atoms with Gasteiger partial charge in [-0.3, -0.25) is 3.90 Å². The third kappa shape index (κ3) is 3.96. The molecule has 0 unspecified atom stereocenters. The smallest absolute Gasteiger partial charge is 0.290 e. The Balaban J connectivity index is 5.02. The highest BCUT2D eigenvalue weighted by molar-refractivity contribution is 6.99. The highest BCUT2D eigenvalue weighted by Gasteiger charge is 2.56. The lowest BCUT2D eigenvalue weighted by Gasteiger charge is -2.42. The van der Waals surface area contributed by atoms with Gasteiger partial charge in [-0.15, -0.1) is 0 Å². The van der Waals surface area contributed by atoms with Crippen molar-refractivity contribution in [1.82, 2.24) is 3.90 Å². The van der Waals surface area contributed by atoms with Gasteiger partial charge in [0.25, 0.3) is 0 Å². The minimum Gasteiger partial charge on any atom is -0.290 e. The normalized spacial score (nSPS) is 15.2. The van der Waals surface area contributed by atoms with Gasteiger partial charge in [-0.2, -0.15) is 0 Å². The molecule has 80 valence electrons. The van der Waals surface area contributed by atoms with Crippen LogP contribution in [-0.4, -0.2) is 29.6 Å². The highest BCUT2D eigenvalue weighted by Crippen LogP contribution is 2.29. The van der Waals surface area contributed by atoms with Crippen molar-refractivity contribution in [1.29, 1.82) is 0 Å². The Bertz CT molecular complexity index is 146. The first kappa shape index (κ1) is 13.4. The molecule has 0 radical (unpaired) electrons. The number of halogens is 3. The van der Waals surface area contributed by atoms with Crippen LogP contribution in [0.3, 0.4) is 0 Å². The van der Waals surface area contributed by atoms with Crippen LogP contribution < -0.4 is 0 Å². The van der Waals surface area contributed by atoms with Crippen molar-refractivity contribution in [3.05, 3.63) is 0 Å². The number of nitrogens with zero attached hydrogens (tertiary/aromatic N) is 1. The van der Waals surface area contributed by atoms with E-state index in [4.69, 9.17) is 0 Å². The molecular formula is C6H18F3NSi3. The Kier molecular flexibility index (Phi) is 3.63. The molecule has 0 amide bonds. The van der Waals surface area contributed by atoms with Gasteiger partial charge >= 0.3 is 9.24 Å². The molecule has 0 aromatic carbocycles. The van der Waals surface area contributed by atoms with Crippen molar-refractivity contribution in [3.8, 4) is 0 Å². The second-order valence-corrected chi connectivity index (χ2v) is 17.4. The zero-order valence-electron chi connectivity index (χ0n) is 9.08. The van der Waals surface area contributed by atoms with Gasteiger partial charge in [0.15, 0.2) is 0 Å². The van der Waals surface area contributed by atoms with Gasteiger partial charge in [-0.05, 0) is 0 Å². The first-order chi connectivity index (χ1) is 5.37. The molecule has 0 saturated heterocycles. The molecule has 0 aliphatic carbocycles. The first-order valence-corrected chi connectivity index (χ1v) is 12.7. The zero-order chi connectivity index (χ0) is 11.1. The lowest BCUT2D eigenvalue weighted by atomic mass is 11.8. The van der Waals surface area contributed by atoms with E-state index < -0.39 is 25.7 Å². The van der Waals surface area contributed by atoms with Gasteiger partial charge in [0.05, 0.1) is 0 Å². The monoisotopic (exact) mass is 245 g/mol. The van der Waals surface area contributed by atoms with E-state index in [9.17, 15) is 12.3 Å². The molecule has 0 aromatic heterocycles. The second kappa shape index (κ2) is 3.52. The maximum atomic E-state index is 12.8. The molecule has 1 nitrogen and oxygen atoms in total. The van der Waals surface area contributed by atoms with E-state index in [2.05, 4.69) is 0 Å². The minimum absolute atomic E-state index is 0.979. The Hall–Kier alpha value is 0.401. The lowest BCUT2D eigenvalue weighted by molar-refractivity contribution is 0.410. The second-order valence-electron chi connectivity index (χ2n) is 5.14. The van der Waals surface area contributed by atoms with E-state index in [1.807, 2.05) is 0 Å². The topological polar surface area (TPSA) is 3.24 Å². The van der Waals surface area contributed by atoms with Crippen LogP contribution in [0.5, 0.6) is 0 Å². The van der Waals surface area contributed by atoms with Crippen molar-refractivity contribution in [2.75, 3.05) is 0 Å². The van der Waals surface area contributed by atoms with E-state index in [-0.39, 0.29) is 0 Å². The molecule has 0 N–H and O–H groups in total. The van der Waals surface area contributed by atoms with Gasteiger partial charge in [0, 0.05) is 0 Å². The molecular weight excluding hydrogens is 227 g/mol. The fourth-order valence-corrected chi connectivity index (χ4v) is 15.9. The predicted octanol–water partition coefficient (Wildman–Crippen LogP) is 3.30. The molecule has 0 aliphatic rings. The van der Waals surface area contributed by atoms with E-state index in [1.165, 1.54) is 0 Å². The SMILES string of the molecule is C[Si](C)(C)N([Si](C)(C)C)[Si](F)(F)F. The average molecular weight is 245 g/mol. The summed E-state index contributed by atoms with van der Waals surface area (Å²) in [5.41, 5.74) is 0. The molecule has 0 aliphatic heterocycles. The summed E-state index contributed by atoms with van der Waals surface area (Å²) in [4.78, 5) is 0. The van der Waals surface area contributed by atoms with Crippen LogP contribution in [0.1, 0.15) is 0 Å². The van der Waals surface area contributed by atoms with E-state index in [0.717, 1.165) is 3.90 Å². The van der Waals surface area contributed by atoms with Crippen molar-refractivity contribution in [3.63, 3.8) is 0 Å². The molecule has 0 aromatic rings. The standard InChI is InChI=1S/C6H18F3NSi3/c1-11(2,3)10(12(4,5)6)13(7,8)9/h1-6H3. The molecule has 0 rings (SSSR count). The summed E-state index contributed by atoms with van der Waals surface area (Å²) < 4.78 is 39.5. The molecule has 0 bridgehead atoms. The number of rotatable bonds is 3. The van der Waals surface area contributed by atoms with Crippen molar-refractivity contribution < 1.29 is 12.3 Å².